The number of carbonyl (C=O) groups excluding carboxylic acids is 1. The fourth-order valence-electron chi connectivity index (χ4n) is 0.488. The first-order valence-electron chi connectivity index (χ1n) is 3.72. The summed E-state index contributed by atoms with van der Waals surface area (Å²) in [7, 11) is 0. The molecule has 0 unspecified atom stereocenters. The van der Waals surface area contributed by atoms with Gasteiger partial charge in [0, 0.05) is 6.07 Å². The fourth-order valence-corrected chi connectivity index (χ4v) is 0.488. The second-order valence-electron chi connectivity index (χ2n) is 2.43. The van der Waals surface area contributed by atoms with Crippen LogP contribution in [0.3, 0.4) is 0 Å². The zero-order chi connectivity index (χ0) is 13.7. The van der Waals surface area contributed by atoms with Gasteiger partial charge in [0.2, 0.25) is 0 Å². The quantitative estimate of drug-likeness (QED) is 0.628. The molecule has 0 saturated heterocycles. The first-order valence-corrected chi connectivity index (χ1v) is 3.72. The summed E-state index contributed by atoms with van der Waals surface area (Å²) in [5, 5.41) is 8.78. The summed E-state index contributed by atoms with van der Waals surface area (Å²) >= 11 is 0. The number of carboxylic acid groups (broad SMARTS) is 1. The number of hydrogen-bond donors (Lipinski definition) is 0. The topological polar surface area (TPSA) is 67.2 Å². The van der Waals surface area contributed by atoms with Gasteiger partial charge in [0.05, 0.1) is 6.20 Å². The number of alkyl halides is 6. The van der Waals surface area contributed by atoms with Crippen molar-refractivity contribution in [3.05, 3.63) is 24.3 Å². The van der Waals surface area contributed by atoms with E-state index in [2.05, 4.69) is 9.97 Å². The van der Waals surface area contributed by atoms with E-state index in [0.717, 1.165) is 12.4 Å². The largest absolute Gasteiger partial charge is 0.542 e. The monoisotopic (exact) mass is 262 g/mol. The standard InChI is InChI=1S/C5H3F3N2.C2HF3O2/c6-5(7,8)4-1-2-9-3-10-4;3-2(4,5)1(6)7/h1-3H;(H,6,7). The van der Waals surface area contributed by atoms with Gasteiger partial charge in [0.15, 0.2) is 0 Å². The summed E-state index contributed by atoms with van der Waals surface area (Å²) in [6.45, 7) is 0. The fraction of sp³-hybridized carbons (Fsp3) is 0.286. The molecule has 10 heteroatoms. The Kier molecular flexibility index (Phi) is 4.86. The minimum absolute atomic E-state index is 0.875. The zero-order valence-electron chi connectivity index (χ0n) is 7.76. The van der Waals surface area contributed by atoms with Crippen molar-refractivity contribution in [3.63, 3.8) is 0 Å². The first-order chi connectivity index (χ1) is 7.55. The van der Waals surface area contributed by atoms with Crippen molar-refractivity contribution >= 4 is 5.97 Å². The van der Waals surface area contributed by atoms with Crippen molar-refractivity contribution in [2.24, 2.45) is 0 Å². The molecule has 0 fully saturated rings. The van der Waals surface area contributed by atoms with Gasteiger partial charge in [-0.15, -0.1) is 0 Å². The predicted octanol–water partition coefficient (Wildman–Crippen LogP) is 0.213. The lowest BCUT2D eigenvalue weighted by Crippen LogP contribution is -2.37. The number of aliphatic carboxylic acids is 1. The number of nitrogens with one attached hydrogen (secondary N) is 1. The van der Waals surface area contributed by atoms with E-state index < -0.39 is 24.0 Å². The second-order valence-corrected chi connectivity index (χ2v) is 2.43. The summed E-state index contributed by atoms with van der Waals surface area (Å²) in [5.41, 5.74) is -0.883. The van der Waals surface area contributed by atoms with Crippen LogP contribution in [-0.4, -0.2) is 17.1 Å². The molecule has 1 N–H and O–H groups in total. The summed E-state index contributed by atoms with van der Waals surface area (Å²) in [5.74, 6) is -3.01. The Labute approximate surface area is 89.9 Å². The van der Waals surface area contributed by atoms with E-state index in [0.29, 0.717) is 0 Å². The Morgan fingerprint density at radius 3 is 1.88 bits per heavy atom. The SMILES string of the molecule is FC(F)(F)c1cc[nH+]cn1.O=C([O-])C(F)(F)F. The van der Waals surface area contributed by atoms with Gasteiger partial charge < -0.3 is 9.90 Å². The van der Waals surface area contributed by atoms with E-state index in [1.807, 2.05) is 0 Å². The van der Waals surface area contributed by atoms with Crippen LogP contribution in [0.2, 0.25) is 0 Å². The molecule has 0 radical (unpaired) electrons. The maximum atomic E-state index is 11.7. The molecule has 0 aromatic carbocycles. The smallest absolute Gasteiger partial charge is 0.458 e. The molecule has 0 aliphatic heterocycles. The molecule has 4 nitrogen and oxygen atoms in total. The van der Waals surface area contributed by atoms with Crippen LogP contribution in [-0.2, 0) is 11.0 Å². The molecule has 0 spiro atoms. The molecule has 0 amide bonds. The average Bonchev–Trinajstić information content (AvgIpc) is 2.17. The van der Waals surface area contributed by atoms with Crippen LogP contribution in [0.25, 0.3) is 0 Å². The van der Waals surface area contributed by atoms with Crippen LogP contribution >= 0.6 is 0 Å². The van der Waals surface area contributed by atoms with Crippen LogP contribution in [0.4, 0.5) is 26.3 Å². The normalized spacial score (nSPS) is 11.4. The number of rotatable bonds is 0. The molecule has 0 saturated carbocycles. The van der Waals surface area contributed by atoms with Crippen LogP contribution in [0, 0.1) is 0 Å². The third-order valence-corrected chi connectivity index (χ3v) is 1.14. The highest BCUT2D eigenvalue weighted by molar-refractivity contribution is 5.70. The molecule has 0 aliphatic rings. The minimum atomic E-state index is -5.19. The number of nitrogens with zero attached hydrogens (tertiary/aromatic N) is 1. The predicted molar refractivity (Wildman–Crippen MR) is 36.9 cm³/mol. The lowest BCUT2D eigenvalue weighted by atomic mass is 10.4. The van der Waals surface area contributed by atoms with Crippen molar-refractivity contribution in [3.8, 4) is 0 Å². The first kappa shape index (κ1) is 15.1. The van der Waals surface area contributed by atoms with Gasteiger partial charge in [-0.3, -0.25) is 4.98 Å². The number of carboxylic acids is 1. The van der Waals surface area contributed by atoms with Crippen molar-refractivity contribution in [2.45, 2.75) is 12.4 Å². The minimum Gasteiger partial charge on any atom is -0.542 e. The summed E-state index contributed by atoms with van der Waals surface area (Å²) < 4.78 is 66.7. The van der Waals surface area contributed by atoms with Gasteiger partial charge in [-0.2, -0.15) is 26.3 Å². The zero-order valence-corrected chi connectivity index (χ0v) is 7.76. The van der Waals surface area contributed by atoms with E-state index in [-0.39, 0.29) is 0 Å². The molecule has 17 heavy (non-hydrogen) atoms. The van der Waals surface area contributed by atoms with Gasteiger partial charge in [-0.25, -0.2) is 0 Å². The van der Waals surface area contributed by atoms with E-state index in [1.165, 1.54) is 6.20 Å². The molecule has 0 bridgehead atoms. The highest BCUT2D eigenvalue weighted by Gasteiger charge is 2.36. The lowest BCUT2D eigenvalue weighted by Gasteiger charge is -2.03. The summed E-state index contributed by atoms with van der Waals surface area (Å²) in [6, 6.07) is 0.875. The van der Waals surface area contributed by atoms with Gasteiger partial charge >= 0.3 is 12.4 Å². The van der Waals surface area contributed by atoms with Crippen molar-refractivity contribution < 1.29 is 41.2 Å². The van der Waals surface area contributed by atoms with E-state index in [4.69, 9.17) is 9.90 Å². The van der Waals surface area contributed by atoms with E-state index >= 15 is 0 Å². The number of aromatic nitrogens is 2. The molecule has 1 heterocycles. The number of hydrogen-bond acceptors (Lipinski definition) is 3. The van der Waals surface area contributed by atoms with Crippen molar-refractivity contribution in [1.29, 1.82) is 0 Å². The molecule has 1 aromatic heterocycles. The highest BCUT2D eigenvalue weighted by atomic mass is 19.4. The Morgan fingerprint density at radius 1 is 1.24 bits per heavy atom. The Hall–Kier alpha value is -1.87. The average molecular weight is 262 g/mol. The molecule has 0 aliphatic carbocycles. The molecule has 0 atom stereocenters. The van der Waals surface area contributed by atoms with E-state index in [1.54, 1.807) is 0 Å². The van der Waals surface area contributed by atoms with Crippen LogP contribution < -0.4 is 10.1 Å². The Bertz CT molecular complexity index is 361. The summed E-state index contributed by atoms with van der Waals surface area (Å²) in [6.07, 6.45) is -7.37. The van der Waals surface area contributed by atoms with E-state index in [9.17, 15) is 26.3 Å². The van der Waals surface area contributed by atoms with Crippen LogP contribution in [0.1, 0.15) is 5.69 Å². The molecule has 1 rings (SSSR count). The van der Waals surface area contributed by atoms with Crippen LogP contribution in [0.5, 0.6) is 0 Å². The van der Waals surface area contributed by atoms with Crippen molar-refractivity contribution in [2.75, 3.05) is 0 Å². The molecule has 1 aromatic rings. The lowest BCUT2D eigenvalue weighted by molar-refractivity contribution is -0.383. The van der Waals surface area contributed by atoms with Gasteiger partial charge in [-0.1, -0.05) is 0 Å². The van der Waals surface area contributed by atoms with Gasteiger partial charge in [-0.05, 0) is 4.98 Å². The Morgan fingerprint density at radius 2 is 1.71 bits per heavy atom. The van der Waals surface area contributed by atoms with Crippen molar-refractivity contribution in [1.82, 2.24) is 4.98 Å². The van der Waals surface area contributed by atoms with Gasteiger partial charge in [0.1, 0.15) is 5.97 Å². The summed E-state index contributed by atoms with van der Waals surface area (Å²) in [4.78, 5) is 14.2. The number of halogens is 6. The Balaban J connectivity index is 0.000000325. The second kappa shape index (κ2) is 5.46. The highest BCUT2D eigenvalue weighted by Crippen LogP contribution is 2.25. The third kappa shape index (κ3) is 6.33. The number of aromatic amines is 1. The number of H-pyrrole nitrogens is 1. The molecular weight excluding hydrogens is 258 g/mol. The molecule has 96 valence electrons. The maximum Gasteiger partial charge on any atom is 0.458 e. The maximum absolute atomic E-state index is 11.7. The van der Waals surface area contributed by atoms with Crippen LogP contribution in [0.15, 0.2) is 18.6 Å². The van der Waals surface area contributed by atoms with Gasteiger partial charge in [0.25, 0.3) is 12.0 Å². The molecular formula is C7H4F6N2O2. The number of carbonyl (C=O) groups is 1. The third-order valence-electron chi connectivity index (χ3n) is 1.14.